The molecule has 0 aliphatic carbocycles. The summed E-state index contributed by atoms with van der Waals surface area (Å²) in [6.45, 7) is 5.42. The lowest BCUT2D eigenvalue weighted by atomic mass is 9.89. The Labute approximate surface area is 142 Å². The first-order valence-electron chi connectivity index (χ1n) is 6.93. The number of anilines is 1. The molecule has 0 unspecified atom stereocenters. The summed E-state index contributed by atoms with van der Waals surface area (Å²) in [5.74, 6) is -0.779. The highest BCUT2D eigenvalue weighted by Gasteiger charge is 2.34. The van der Waals surface area contributed by atoms with Crippen molar-refractivity contribution in [3.8, 4) is 0 Å². The molecular weight excluding hydrogens is 349 g/mol. The van der Waals surface area contributed by atoms with Crippen LogP contribution in [0.3, 0.4) is 0 Å². The van der Waals surface area contributed by atoms with Gasteiger partial charge in [-0.05, 0) is 30.0 Å². The largest absolute Gasteiger partial charge is 0.436 e. The highest BCUT2D eigenvalue weighted by molar-refractivity contribution is 6.31. The number of alkyl halides is 3. The van der Waals surface area contributed by atoms with Crippen molar-refractivity contribution in [2.24, 2.45) is 11.1 Å². The summed E-state index contributed by atoms with van der Waals surface area (Å²) in [6, 6.07) is 2.94. The Kier molecular flexibility index (Phi) is 6.10. The smallest absolute Gasteiger partial charge is 0.417 e. The summed E-state index contributed by atoms with van der Waals surface area (Å²) in [7, 11) is 0. The molecule has 9 heteroatoms. The van der Waals surface area contributed by atoms with Gasteiger partial charge in [0.05, 0.1) is 10.6 Å². The van der Waals surface area contributed by atoms with E-state index in [2.05, 4.69) is 5.32 Å². The molecule has 0 aromatic heterocycles. The quantitative estimate of drug-likeness (QED) is 0.838. The number of rotatable bonds is 4. The third kappa shape index (κ3) is 6.27. The van der Waals surface area contributed by atoms with Gasteiger partial charge in [0.2, 0.25) is 0 Å². The minimum absolute atomic E-state index is 0.122. The summed E-state index contributed by atoms with van der Waals surface area (Å²) < 4.78 is 43.3. The number of halogens is 4. The van der Waals surface area contributed by atoms with Gasteiger partial charge in [-0.15, -0.1) is 0 Å². The van der Waals surface area contributed by atoms with Crippen LogP contribution in [0.15, 0.2) is 18.2 Å². The van der Waals surface area contributed by atoms with Gasteiger partial charge in [-0.2, -0.15) is 13.2 Å². The van der Waals surface area contributed by atoms with Crippen molar-refractivity contribution in [3.05, 3.63) is 28.8 Å². The van der Waals surface area contributed by atoms with Crippen LogP contribution < -0.4 is 11.1 Å². The fourth-order valence-electron chi connectivity index (χ4n) is 1.93. The molecule has 0 saturated heterocycles. The lowest BCUT2D eigenvalue weighted by Gasteiger charge is -2.24. The van der Waals surface area contributed by atoms with E-state index in [1.807, 2.05) is 20.8 Å². The number of carbonyl (C=O) groups is 2. The first-order valence-corrected chi connectivity index (χ1v) is 7.31. The molecule has 0 aliphatic rings. The monoisotopic (exact) mass is 366 g/mol. The first-order chi connectivity index (χ1) is 10.8. The SMILES string of the molecule is CC(C)(C)C[C@H](OC(N)=O)C(=O)Nc1ccc(Cl)c(C(F)(F)F)c1. The summed E-state index contributed by atoms with van der Waals surface area (Å²) in [5.41, 5.74) is 3.36. The van der Waals surface area contributed by atoms with Gasteiger partial charge in [0.1, 0.15) is 0 Å². The molecule has 0 saturated carbocycles. The lowest BCUT2D eigenvalue weighted by molar-refractivity contribution is -0.137. The van der Waals surface area contributed by atoms with E-state index in [0.717, 1.165) is 6.07 Å². The first kappa shape index (κ1) is 20.1. The number of nitrogens with one attached hydrogen (secondary N) is 1. The van der Waals surface area contributed by atoms with Crippen LogP contribution in [-0.2, 0) is 15.7 Å². The Hall–Kier alpha value is -1.96. The third-order valence-electron chi connectivity index (χ3n) is 2.89. The Morgan fingerprint density at radius 1 is 1.29 bits per heavy atom. The van der Waals surface area contributed by atoms with Crippen molar-refractivity contribution in [3.63, 3.8) is 0 Å². The Bertz CT molecular complexity index is 627. The average Bonchev–Trinajstić information content (AvgIpc) is 2.36. The Morgan fingerprint density at radius 2 is 1.88 bits per heavy atom. The van der Waals surface area contributed by atoms with Crippen molar-refractivity contribution >= 4 is 29.3 Å². The number of nitrogens with two attached hydrogens (primary N) is 1. The van der Waals surface area contributed by atoms with Crippen LogP contribution >= 0.6 is 11.6 Å². The van der Waals surface area contributed by atoms with Crippen LogP contribution in [0.2, 0.25) is 5.02 Å². The van der Waals surface area contributed by atoms with E-state index in [9.17, 15) is 22.8 Å². The fraction of sp³-hybridized carbons (Fsp3) is 0.467. The summed E-state index contributed by atoms with van der Waals surface area (Å²) in [6.07, 6.45) is -6.90. The molecular formula is C15H18ClF3N2O3. The van der Waals surface area contributed by atoms with Crippen LogP contribution in [0.4, 0.5) is 23.7 Å². The van der Waals surface area contributed by atoms with Crippen LogP contribution in [0.5, 0.6) is 0 Å². The zero-order valence-electron chi connectivity index (χ0n) is 13.3. The molecule has 134 valence electrons. The molecule has 0 fully saturated rings. The van der Waals surface area contributed by atoms with Gasteiger partial charge in [-0.3, -0.25) is 4.79 Å². The predicted molar refractivity (Wildman–Crippen MR) is 83.6 cm³/mol. The van der Waals surface area contributed by atoms with E-state index in [0.29, 0.717) is 6.07 Å². The van der Waals surface area contributed by atoms with Crippen molar-refractivity contribution in [2.45, 2.75) is 39.5 Å². The molecule has 24 heavy (non-hydrogen) atoms. The van der Waals surface area contributed by atoms with Gasteiger partial charge in [0.25, 0.3) is 5.91 Å². The molecule has 1 atom stereocenters. The maximum Gasteiger partial charge on any atom is 0.417 e. The fourth-order valence-corrected chi connectivity index (χ4v) is 2.15. The van der Waals surface area contributed by atoms with Gasteiger partial charge >= 0.3 is 12.3 Å². The molecule has 1 rings (SSSR count). The second-order valence-electron chi connectivity index (χ2n) is 6.37. The molecule has 0 spiro atoms. The summed E-state index contributed by atoms with van der Waals surface area (Å²) in [4.78, 5) is 23.2. The molecule has 2 amide bonds. The lowest BCUT2D eigenvalue weighted by Crippen LogP contribution is -2.37. The number of hydrogen-bond acceptors (Lipinski definition) is 3. The van der Waals surface area contributed by atoms with Crippen LogP contribution in [0.1, 0.15) is 32.8 Å². The Morgan fingerprint density at radius 3 is 2.33 bits per heavy atom. The molecule has 3 N–H and O–H groups in total. The summed E-state index contributed by atoms with van der Waals surface area (Å²) in [5, 5.41) is 1.79. The molecule has 0 radical (unpaired) electrons. The number of amides is 2. The van der Waals surface area contributed by atoms with Gasteiger partial charge in [0, 0.05) is 5.69 Å². The van der Waals surface area contributed by atoms with Crippen molar-refractivity contribution in [1.29, 1.82) is 0 Å². The van der Waals surface area contributed by atoms with Gasteiger partial charge < -0.3 is 15.8 Å². The maximum atomic E-state index is 12.8. The zero-order chi connectivity index (χ0) is 18.7. The Balaban J connectivity index is 3.00. The van der Waals surface area contributed by atoms with Crippen molar-refractivity contribution < 1.29 is 27.5 Å². The van der Waals surface area contributed by atoms with Gasteiger partial charge in [0.15, 0.2) is 6.10 Å². The number of benzene rings is 1. The minimum atomic E-state index is -4.66. The van der Waals surface area contributed by atoms with Crippen molar-refractivity contribution in [2.75, 3.05) is 5.32 Å². The average molecular weight is 367 g/mol. The highest BCUT2D eigenvalue weighted by Crippen LogP contribution is 2.36. The molecule has 1 aromatic carbocycles. The number of ether oxygens (including phenoxy) is 1. The van der Waals surface area contributed by atoms with E-state index >= 15 is 0 Å². The van der Waals surface area contributed by atoms with E-state index in [-0.39, 0.29) is 17.5 Å². The summed E-state index contributed by atoms with van der Waals surface area (Å²) >= 11 is 5.52. The number of primary amides is 1. The second-order valence-corrected chi connectivity index (χ2v) is 6.78. The zero-order valence-corrected chi connectivity index (χ0v) is 14.1. The van der Waals surface area contributed by atoms with E-state index in [1.165, 1.54) is 6.07 Å². The number of hydrogen-bond donors (Lipinski definition) is 2. The second kappa shape index (κ2) is 7.29. The standard InChI is InChI=1S/C15H18ClF3N2O3/c1-14(2,3)7-11(24-13(20)23)12(22)21-8-4-5-10(16)9(6-8)15(17,18)19/h4-6,11H,7H2,1-3H3,(H2,20,23)(H,21,22)/t11-/m0/s1. The highest BCUT2D eigenvalue weighted by atomic mass is 35.5. The minimum Gasteiger partial charge on any atom is -0.436 e. The van der Waals surface area contributed by atoms with E-state index in [1.54, 1.807) is 0 Å². The molecule has 0 bridgehead atoms. The molecule has 0 heterocycles. The van der Waals surface area contributed by atoms with Gasteiger partial charge in [-0.25, -0.2) is 4.79 Å². The predicted octanol–water partition coefficient (Wildman–Crippen LogP) is 4.20. The van der Waals surface area contributed by atoms with Crippen LogP contribution in [0.25, 0.3) is 0 Å². The number of carbonyl (C=O) groups excluding carboxylic acids is 2. The molecule has 5 nitrogen and oxygen atoms in total. The van der Waals surface area contributed by atoms with Crippen LogP contribution in [0, 0.1) is 5.41 Å². The van der Waals surface area contributed by atoms with Gasteiger partial charge in [-0.1, -0.05) is 32.4 Å². The van der Waals surface area contributed by atoms with Crippen molar-refractivity contribution in [1.82, 2.24) is 0 Å². The molecule has 1 aromatic rings. The van der Waals surface area contributed by atoms with E-state index < -0.39 is 34.9 Å². The normalized spacial score (nSPS) is 13.3. The van der Waals surface area contributed by atoms with Crippen LogP contribution in [-0.4, -0.2) is 18.1 Å². The third-order valence-corrected chi connectivity index (χ3v) is 3.22. The maximum absolute atomic E-state index is 12.8. The van der Waals surface area contributed by atoms with E-state index in [4.69, 9.17) is 22.1 Å². The topological polar surface area (TPSA) is 81.4 Å². The molecule has 0 aliphatic heterocycles.